The topological polar surface area (TPSA) is 114 Å². The summed E-state index contributed by atoms with van der Waals surface area (Å²) >= 11 is 1.27. The Morgan fingerprint density at radius 2 is 2.09 bits per heavy atom. The molecule has 3 rings (SSSR count). The zero-order chi connectivity index (χ0) is 16.2. The molecular formula is C15H15N5O2S. The predicted molar refractivity (Wildman–Crippen MR) is 88.1 cm³/mol. The average molecular weight is 329 g/mol. The van der Waals surface area contributed by atoms with Crippen molar-refractivity contribution in [2.75, 3.05) is 5.32 Å². The number of H-pyrrole nitrogens is 1. The highest BCUT2D eigenvalue weighted by Gasteiger charge is 2.10. The highest BCUT2D eigenvalue weighted by molar-refractivity contribution is 7.13. The van der Waals surface area contributed by atoms with Gasteiger partial charge in [0.25, 0.3) is 0 Å². The number of fused-ring (bicyclic) bond motifs is 1. The van der Waals surface area contributed by atoms with E-state index < -0.39 is 5.91 Å². The van der Waals surface area contributed by atoms with Crippen molar-refractivity contribution in [1.29, 1.82) is 0 Å². The van der Waals surface area contributed by atoms with Crippen LogP contribution in [0.2, 0.25) is 0 Å². The van der Waals surface area contributed by atoms with Crippen LogP contribution >= 0.6 is 11.3 Å². The van der Waals surface area contributed by atoms with Gasteiger partial charge in [0.05, 0.1) is 23.1 Å². The summed E-state index contributed by atoms with van der Waals surface area (Å²) in [6.07, 6.45) is 0.885. The number of nitrogens with zero attached hydrogens (tertiary/aromatic N) is 2. The summed E-state index contributed by atoms with van der Waals surface area (Å²) in [5.74, 6) is 0.179. The van der Waals surface area contributed by atoms with E-state index in [0.29, 0.717) is 23.7 Å². The highest BCUT2D eigenvalue weighted by atomic mass is 32.1. The summed E-state index contributed by atoms with van der Waals surface area (Å²) in [6, 6.07) is 7.72. The Hall–Kier alpha value is -2.74. The first-order valence-electron chi connectivity index (χ1n) is 7.06. The van der Waals surface area contributed by atoms with E-state index in [4.69, 9.17) is 5.73 Å². The Morgan fingerprint density at radius 1 is 1.26 bits per heavy atom. The molecule has 0 fully saturated rings. The summed E-state index contributed by atoms with van der Waals surface area (Å²) in [4.78, 5) is 34.5. The average Bonchev–Trinajstić information content (AvgIpc) is 3.10. The molecule has 1 aromatic carbocycles. The molecule has 4 N–H and O–H groups in total. The lowest BCUT2D eigenvalue weighted by molar-refractivity contribution is -0.117. The van der Waals surface area contributed by atoms with Gasteiger partial charge in [-0.05, 0) is 12.1 Å². The van der Waals surface area contributed by atoms with Gasteiger partial charge in [-0.25, -0.2) is 9.97 Å². The Kier molecular flexibility index (Phi) is 4.33. The number of hydrogen-bond donors (Lipinski definition) is 3. The Labute approximate surface area is 135 Å². The third kappa shape index (κ3) is 3.92. The molecule has 0 aliphatic carbocycles. The number of hydrogen-bond acceptors (Lipinski definition) is 5. The third-order valence-corrected chi connectivity index (χ3v) is 3.99. The van der Waals surface area contributed by atoms with Gasteiger partial charge in [-0.1, -0.05) is 12.1 Å². The van der Waals surface area contributed by atoms with E-state index >= 15 is 0 Å². The lowest BCUT2D eigenvalue weighted by Crippen LogP contribution is -2.15. The number of thiazole rings is 1. The summed E-state index contributed by atoms with van der Waals surface area (Å²) in [6.45, 7) is 0. The van der Waals surface area contributed by atoms with Gasteiger partial charge in [0, 0.05) is 18.2 Å². The molecule has 3 aromatic rings. The van der Waals surface area contributed by atoms with Crippen molar-refractivity contribution in [2.24, 2.45) is 5.73 Å². The number of nitrogens with two attached hydrogens (primary N) is 1. The zero-order valence-corrected chi connectivity index (χ0v) is 13.0. The fourth-order valence-electron chi connectivity index (χ4n) is 2.16. The predicted octanol–water partition coefficient (Wildman–Crippen LogP) is 1.62. The highest BCUT2D eigenvalue weighted by Crippen LogP contribution is 2.16. The van der Waals surface area contributed by atoms with E-state index in [0.717, 1.165) is 16.9 Å². The van der Waals surface area contributed by atoms with E-state index in [-0.39, 0.29) is 12.3 Å². The molecule has 23 heavy (non-hydrogen) atoms. The van der Waals surface area contributed by atoms with Crippen molar-refractivity contribution >= 4 is 39.3 Å². The van der Waals surface area contributed by atoms with Gasteiger partial charge in [0.1, 0.15) is 5.82 Å². The molecule has 0 atom stereocenters. The third-order valence-electron chi connectivity index (χ3n) is 3.18. The van der Waals surface area contributed by atoms with Crippen LogP contribution in [0.1, 0.15) is 17.9 Å². The first-order chi connectivity index (χ1) is 11.1. The van der Waals surface area contributed by atoms with Crippen molar-refractivity contribution in [3.05, 3.63) is 41.2 Å². The summed E-state index contributed by atoms with van der Waals surface area (Å²) in [7, 11) is 0. The molecule has 0 aliphatic heterocycles. The molecular weight excluding hydrogens is 314 g/mol. The first kappa shape index (κ1) is 15.2. The molecule has 2 heterocycles. The summed E-state index contributed by atoms with van der Waals surface area (Å²) < 4.78 is 0. The molecule has 2 amide bonds. The number of aromatic amines is 1. The molecule has 0 spiro atoms. The fraction of sp³-hybridized carbons (Fsp3) is 0.200. The molecule has 2 aromatic heterocycles. The quantitative estimate of drug-likeness (QED) is 0.637. The number of rotatable bonds is 6. The number of amides is 2. The van der Waals surface area contributed by atoms with Crippen LogP contribution in [0.5, 0.6) is 0 Å². The number of carbonyl (C=O) groups excluding carboxylic acids is 2. The maximum atomic E-state index is 12.0. The molecule has 0 bridgehead atoms. The van der Waals surface area contributed by atoms with Gasteiger partial charge in [0.15, 0.2) is 5.13 Å². The van der Waals surface area contributed by atoms with E-state index in [1.165, 1.54) is 11.3 Å². The minimum absolute atomic E-state index is 0.0748. The first-order valence-corrected chi connectivity index (χ1v) is 7.94. The fourth-order valence-corrected chi connectivity index (χ4v) is 2.89. The molecule has 8 heteroatoms. The largest absolute Gasteiger partial charge is 0.369 e. The molecule has 0 saturated heterocycles. The second-order valence-electron chi connectivity index (χ2n) is 5.04. The normalized spacial score (nSPS) is 10.8. The second kappa shape index (κ2) is 6.57. The number of imidazole rings is 1. The molecule has 118 valence electrons. The van der Waals surface area contributed by atoms with Crippen molar-refractivity contribution in [2.45, 2.75) is 19.3 Å². The molecule has 0 radical (unpaired) electrons. The van der Waals surface area contributed by atoms with Crippen molar-refractivity contribution in [3.63, 3.8) is 0 Å². The number of aromatic nitrogens is 3. The van der Waals surface area contributed by atoms with Gasteiger partial charge in [0.2, 0.25) is 11.8 Å². The maximum Gasteiger partial charge on any atom is 0.226 e. The van der Waals surface area contributed by atoms with Gasteiger partial charge < -0.3 is 16.0 Å². The van der Waals surface area contributed by atoms with Crippen LogP contribution < -0.4 is 11.1 Å². The minimum atomic E-state index is -0.446. The molecule has 0 saturated carbocycles. The van der Waals surface area contributed by atoms with Gasteiger partial charge in [-0.3, -0.25) is 9.59 Å². The van der Waals surface area contributed by atoms with Crippen molar-refractivity contribution in [3.8, 4) is 0 Å². The van der Waals surface area contributed by atoms with Crippen LogP contribution in [0.15, 0.2) is 29.6 Å². The van der Waals surface area contributed by atoms with Crippen LogP contribution in [-0.2, 0) is 22.4 Å². The van der Waals surface area contributed by atoms with Gasteiger partial charge >= 0.3 is 0 Å². The van der Waals surface area contributed by atoms with Crippen LogP contribution in [-0.4, -0.2) is 26.8 Å². The smallest absolute Gasteiger partial charge is 0.226 e. The number of benzene rings is 1. The van der Waals surface area contributed by atoms with E-state index in [1.807, 2.05) is 24.3 Å². The van der Waals surface area contributed by atoms with Gasteiger partial charge in [-0.2, -0.15) is 0 Å². The SMILES string of the molecule is NC(=O)Cc1csc(NC(=O)CCc2nc3ccccc3[nH]2)n1. The zero-order valence-electron chi connectivity index (χ0n) is 12.2. The number of carbonyl (C=O) groups is 2. The van der Waals surface area contributed by atoms with Gasteiger partial charge in [-0.15, -0.1) is 11.3 Å². The standard InChI is InChI=1S/C15H15N5O2S/c16-12(21)7-9-8-23-15(17-9)20-14(22)6-5-13-18-10-3-1-2-4-11(10)19-13/h1-4,8H,5-7H2,(H2,16,21)(H,18,19)(H,17,20,22). The number of aryl methyl sites for hydroxylation is 1. The monoisotopic (exact) mass is 329 g/mol. The lowest BCUT2D eigenvalue weighted by atomic mass is 10.3. The lowest BCUT2D eigenvalue weighted by Gasteiger charge is -2.00. The Bertz CT molecular complexity index is 821. The number of primary amides is 1. The van der Waals surface area contributed by atoms with Crippen molar-refractivity contribution < 1.29 is 9.59 Å². The number of anilines is 1. The molecule has 0 aliphatic rings. The van der Waals surface area contributed by atoms with Crippen molar-refractivity contribution in [1.82, 2.24) is 15.0 Å². The minimum Gasteiger partial charge on any atom is -0.369 e. The van der Waals surface area contributed by atoms with Crippen LogP contribution in [0.3, 0.4) is 0 Å². The second-order valence-corrected chi connectivity index (χ2v) is 5.89. The van der Waals surface area contributed by atoms with Crippen LogP contribution in [0.25, 0.3) is 11.0 Å². The Balaban J connectivity index is 1.54. The van der Waals surface area contributed by atoms with Crippen LogP contribution in [0, 0.1) is 0 Å². The number of nitrogens with one attached hydrogen (secondary N) is 2. The van der Waals surface area contributed by atoms with Crippen LogP contribution in [0.4, 0.5) is 5.13 Å². The number of para-hydroxylation sites is 2. The molecule has 7 nitrogen and oxygen atoms in total. The molecule has 0 unspecified atom stereocenters. The summed E-state index contributed by atoms with van der Waals surface area (Å²) in [5.41, 5.74) is 7.52. The summed E-state index contributed by atoms with van der Waals surface area (Å²) in [5, 5.41) is 4.89. The Morgan fingerprint density at radius 3 is 2.87 bits per heavy atom. The van der Waals surface area contributed by atoms with E-state index in [9.17, 15) is 9.59 Å². The van der Waals surface area contributed by atoms with E-state index in [1.54, 1.807) is 5.38 Å². The maximum absolute atomic E-state index is 12.0. The van der Waals surface area contributed by atoms with E-state index in [2.05, 4.69) is 20.3 Å².